The average Bonchev–Trinajstić information content (AvgIpc) is 3.14. The fourth-order valence-electron chi connectivity index (χ4n) is 6.62. The lowest BCUT2D eigenvalue weighted by molar-refractivity contribution is -0.122. The van der Waals surface area contributed by atoms with Crippen molar-refractivity contribution < 1.29 is 23.1 Å². The van der Waals surface area contributed by atoms with Crippen LogP contribution in [0.2, 0.25) is 0 Å². The van der Waals surface area contributed by atoms with Gasteiger partial charge in [-0.05, 0) is 31.2 Å². The van der Waals surface area contributed by atoms with Crippen molar-refractivity contribution in [3.05, 3.63) is 35.9 Å². The molecule has 0 aromatic heterocycles. The van der Waals surface area contributed by atoms with Crippen LogP contribution >= 0.6 is 34.1 Å². The highest BCUT2D eigenvalue weighted by atomic mass is 79.9. The number of benzene rings is 1. The lowest BCUT2D eigenvalue weighted by Gasteiger charge is -2.20. The highest BCUT2D eigenvalue weighted by Gasteiger charge is 2.24. The average molecular weight is 835 g/mol. The van der Waals surface area contributed by atoms with Gasteiger partial charge >= 0.3 is 6.95 Å². The molecule has 0 spiro atoms. The van der Waals surface area contributed by atoms with E-state index in [1.54, 1.807) is 0 Å². The normalized spacial score (nSPS) is 13.3. The smallest absolute Gasteiger partial charge is 0.379 e. The number of carbonyl (C=O) groups excluding carboxylic acids is 1. The first kappa shape index (κ1) is 49.6. The molecule has 304 valence electrons. The monoisotopic (exact) mass is 833 g/mol. The third-order valence-electron chi connectivity index (χ3n) is 9.79. The van der Waals surface area contributed by atoms with Gasteiger partial charge in [-0.1, -0.05) is 207 Å². The maximum atomic E-state index is 12.7. The number of hydrogen-bond acceptors (Lipinski definition) is 5. The van der Waals surface area contributed by atoms with Gasteiger partial charge in [-0.2, -0.15) is 0 Å². The Bertz CT molecular complexity index is 959. The zero-order chi connectivity index (χ0) is 37.6. The number of alkyl halides is 1. The molecule has 1 N–H and O–H groups in total. The highest BCUT2D eigenvalue weighted by molar-refractivity contribution is 9.09. The van der Waals surface area contributed by atoms with Crippen molar-refractivity contribution in [3.63, 3.8) is 0 Å². The van der Waals surface area contributed by atoms with E-state index in [2.05, 4.69) is 58.5 Å². The Morgan fingerprint density at radius 2 is 1.10 bits per heavy atom. The van der Waals surface area contributed by atoms with E-state index < -0.39 is 13.0 Å². The first-order chi connectivity index (χ1) is 25.5. The second-order valence-electron chi connectivity index (χ2n) is 14.8. The van der Waals surface area contributed by atoms with Crippen LogP contribution in [-0.2, 0) is 29.6 Å². The first-order valence-electron chi connectivity index (χ1n) is 21.5. The lowest BCUT2D eigenvalue weighted by Crippen LogP contribution is -2.41. The van der Waals surface area contributed by atoms with Crippen molar-refractivity contribution in [3.8, 4) is 0 Å². The predicted octanol–water partition coefficient (Wildman–Crippen LogP) is 14.4. The molecule has 1 amide bonds. The Morgan fingerprint density at radius 3 is 1.60 bits per heavy atom. The third-order valence-corrected chi connectivity index (χ3v) is 11.6. The SMILES string of the molecule is CCCCCCCCCCCCCCCC(=O)N[C@H](COCCCCCCCCCCCCCCCCc1ccccc1)COP(=O)(Cl)OCCBr. The van der Waals surface area contributed by atoms with E-state index in [0.29, 0.717) is 25.0 Å². The standard InChI is InChI=1S/C43H78BrClNO5P/c1-2-3-4-5-6-7-8-11-15-18-21-24-30-35-43(47)46-42(40-51-52(45,48)50-38-36-44)39-49-37-31-25-22-19-16-13-10-9-12-14-17-20-23-27-32-41-33-28-26-29-34-41/h26,28-29,33-34,42H,2-25,27,30-32,35-40H2,1H3,(H,46,47)/t42-,52?/m1/s1. The summed E-state index contributed by atoms with van der Waals surface area (Å²) in [7, 11) is 0. The summed E-state index contributed by atoms with van der Waals surface area (Å²) in [5.41, 5.74) is 1.47. The minimum absolute atomic E-state index is 0.0117. The Balaban J connectivity index is 2.06. The van der Waals surface area contributed by atoms with Crippen LogP contribution in [0.15, 0.2) is 30.3 Å². The van der Waals surface area contributed by atoms with E-state index in [9.17, 15) is 9.36 Å². The number of carbonyl (C=O) groups is 1. The van der Waals surface area contributed by atoms with E-state index in [0.717, 1.165) is 25.7 Å². The summed E-state index contributed by atoms with van der Waals surface area (Å²) in [4.78, 5) is 12.7. The number of aryl methyl sites for hydroxylation is 1. The first-order valence-corrected chi connectivity index (χ1v) is 25.1. The summed E-state index contributed by atoms with van der Waals surface area (Å²) in [6.07, 6.45) is 36.5. The van der Waals surface area contributed by atoms with Gasteiger partial charge in [-0.15, -0.1) is 0 Å². The van der Waals surface area contributed by atoms with Gasteiger partial charge in [0.1, 0.15) is 0 Å². The van der Waals surface area contributed by atoms with Gasteiger partial charge < -0.3 is 10.1 Å². The maximum Gasteiger partial charge on any atom is 0.424 e. The van der Waals surface area contributed by atoms with Gasteiger partial charge in [0.2, 0.25) is 5.91 Å². The number of unbranched alkanes of at least 4 members (excludes halogenated alkanes) is 25. The van der Waals surface area contributed by atoms with E-state index in [1.165, 1.54) is 160 Å². The van der Waals surface area contributed by atoms with Crippen molar-refractivity contribution in [2.75, 3.05) is 31.8 Å². The van der Waals surface area contributed by atoms with Crippen LogP contribution in [-0.4, -0.2) is 43.7 Å². The molecule has 9 heteroatoms. The van der Waals surface area contributed by atoms with Crippen molar-refractivity contribution >= 4 is 40.0 Å². The summed E-state index contributed by atoms with van der Waals surface area (Å²) in [6.45, 7) is -0.336. The van der Waals surface area contributed by atoms with Crippen LogP contribution in [0.4, 0.5) is 0 Å². The fraction of sp³-hybridized carbons (Fsp3) is 0.837. The molecule has 0 fully saturated rings. The zero-order valence-electron chi connectivity index (χ0n) is 33.3. The predicted molar refractivity (Wildman–Crippen MR) is 227 cm³/mol. The Kier molecular flexibility index (Phi) is 35.8. The minimum atomic E-state index is -3.71. The minimum Gasteiger partial charge on any atom is -0.379 e. The second kappa shape index (κ2) is 37.5. The van der Waals surface area contributed by atoms with Gasteiger partial charge in [0.25, 0.3) is 0 Å². The van der Waals surface area contributed by atoms with Crippen LogP contribution < -0.4 is 5.32 Å². The van der Waals surface area contributed by atoms with E-state index in [1.807, 2.05) is 0 Å². The molecule has 2 atom stereocenters. The number of hydrogen-bond donors (Lipinski definition) is 1. The van der Waals surface area contributed by atoms with Crippen LogP contribution in [0.1, 0.15) is 192 Å². The quantitative estimate of drug-likeness (QED) is 0.0405. The Labute approximate surface area is 333 Å². The lowest BCUT2D eigenvalue weighted by atomic mass is 10.0. The van der Waals surface area contributed by atoms with E-state index in [-0.39, 0.29) is 19.1 Å². The van der Waals surface area contributed by atoms with E-state index in [4.69, 9.17) is 25.0 Å². The number of rotatable bonds is 40. The largest absolute Gasteiger partial charge is 0.424 e. The van der Waals surface area contributed by atoms with Crippen LogP contribution in [0.5, 0.6) is 0 Å². The molecule has 0 heterocycles. The van der Waals surface area contributed by atoms with Crippen LogP contribution in [0.3, 0.4) is 0 Å². The highest BCUT2D eigenvalue weighted by Crippen LogP contribution is 2.53. The third kappa shape index (κ3) is 34.1. The molecule has 52 heavy (non-hydrogen) atoms. The summed E-state index contributed by atoms with van der Waals surface area (Å²) >= 11 is 9.19. The van der Waals surface area contributed by atoms with Crippen LogP contribution in [0.25, 0.3) is 0 Å². The number of ether oxygens (including phenoxy) is 1. The van der Waals surface area contributed by atoms with Crippen molar-refractivity contribution in [1.29, 1.82) is 0 Å². The Hall–Kier alpha value is -0.430. The zero-order valence-corrected chi connectivity index (χ0v) is 36.5. The van der Waals surface area contributed by atoms with Gasteiger partial charge in [0.05, 0.1) is 25.9 Å². The van der Waals surface area contributed by atoms with Gasteiger partial charge in [0.15, 0.2) is 0 Å². The van der Waals surface area contributed by atoms with E-state index >= 15 is 0 Å². The fourth-order valence-corrected chi connectivity index (χ4v) is 8.15. The molecule has 6 nitrogen and oxygen atoms in total. The molecule has 0 radical (unpaired) electrons. The molecular weight excluding hydrogens is 757 g/mol. The van der Waals surface area contributed by atoms with Gasteiger partial charge in [-0.3, -0.25) is 13.8 Å². The molecule has 0 saturated heterocycles. The van der Waals surface area contributed by atoms with Gasteiger partial charge in [0, 0.05) is 29.6 Å². The molecule has 0 aliphatic heterocycles. The van der Waals surface area contributed by atoms with Crippen molar-refractivity contribution in [2.24, 2.45) is 0 Å². The number of nitrogens with one attached hydrogen (secondary N) is 1. The van der Waals surface area contributed by atoms with Crippen molar-refractivity contribution in [1.82, 2.24) is 5.32 Å². The molecule has 1 unspecified atom stereocenters. The van der Waals surface area contributed by atoms with Crippen molar-refractivity contribution in [2.45, 2.75) is 199 Å². The second-order valence-corrected chi connectivity index (χ2v) is 18.2. The molecule has 0 aliphatic rings. The summed E-state index contributed by atoms with van der Waals surface area (Å²) in [6, 6.07) is 10.4. The molecule has 1 aromatic carbocycles. The van der Waals surface area contributed by atoms with Gasteiger partial charge in [-0.25, -0.2) is 4.57 Å². The molecule has 0 bridgehead atoms. The number of halogens is 2. The van der Waals surface area contributed by atoms with Crippen LogP contribution in [0, 0.1) is 0 Å². The topological polar surface area (TPSA) is 73.9 Å². The molecule has 0 saturated carbocycles. The molecule has 1 rings (SSSR count). The molecule has 1 aromatic rings. The Morgan fingerprint density at radius 1 is 0.635 bits per heavy atom. The summed E-state index contributed by atoms with van der Waals surface area (Å²) < 4.78 is 28.8. The molecular formula is C43H78BrClNO5P. The summed E-state index contributed by atoms with van der Waals surface area (Å²) in [5.74, 6) is -0.0272. The number of amides is 1. The maximum absolute atomic E-state index is 12.7. The summed E-state index contributed by atoms with van der Waals surface area (Å²) in [5, 5.41) is 3.52. The molecule has 0 aliphatic carbocycles.